The minimum atomic E-state index is -0.230. The van der Waals surface area contributed by atoms with E-state index >= 15 is 0 Å². The third-order valence-corrected chi connectivity index (χ3v) is 3.48. The molecule has 112 valence electrons. The molecule has 2 aromatic rings. The van der Waals surface area contributed by atoms with Crippen LogP contribution in [0.2, 0.25) is 0 Å². The number of nitrogens with zero attached hydrogens (tertiary/aromatic N) is 1. The van der Waals surface area contributed by atoms with Crippen LogP contribution in [0, 0.1) is 6.92 Å². The van der Waals surface area contributed by atoms with Crippen LogP contribution in [0.4, 0.5) is 5.13 Å². The number of hydrogen-bond donors (Lipinski definition) is 1. The smallest absolute Gasteiger partial charge is 0.257 e. The molecule has 1 aromatic carbocycles. The Morgan fingerprint density at radius 2 is 1.81 bits per heavy atom. The fraction of sp³-hybridized carbons (Fsp3) is 0.333. The van der Waals surface area contributed by atoms with Crippen LogP contribution in [0.1, 0.15) is 29.9 Å². The Labute approximate surface area is 127 Å². The number of aromatic nitrogens is 1. The van der Waals surface area contributed by atoms with Crippen molar-refractivity contribution < 1.29 is 14.3 Å². The van der Waals surface area contributed by atoms with Crippen molar-refractivity contribution in [3.8, 4) is 11.5 Å². The highest BCUT2D eigenvalue weighted by Crippen LogP contribution is 2.24. The lowest BCUT2D eigenvalue weighted by molar-refractivity contribution is 0.102. The van der Waals surface area contributed by atoms with Crippen molar-refractivity contribution in [1.82, 2.24) is 4.98 Å². The zero-order valence-electron chi connectivity index (χ0n) is 12.3. The molecule has 0 bridgehead atoms. The standard InChI is InChI=1S/C15H18N2O3S/c1-4-19-12-6-11(7-13(8-12)20-5-2)14(18)17-15-16-10(3)9-21-15/h6-9H,4-5H2,1-3H3,(H,16,17,18). The molecular weight excluding hydrogens is 288 g/mol. The van der Waals surface area contributed by atoms with Gasteiger partial charge in [-0.3, -0.25) is 10.1 Å². The van der Waals surface area contributed by atoms with E-state index in [1.807, 2.05) is 26.2 Å². The molecule has 0 fully saturated rings. The molecule has 0 saturated heterocycles. The maximum atomic E-state index is 12.3. The number of anilines is 1. The largest absolute Gasteiger partial charge is 0.494 e. The van der Waals surface area contributed by atoms with Crippen LogP contribution >= 0.6 is 11.3 Å². The van der Waals surface area contributed by atoms with Crippen LogP contribution in [-0.4, -0.2) is 24.1 Å². The third-order valence-electron chi connectivity index (χ3n) is 2.60. The number of carbonyl (C=O) groups is 1. The van der Waals surface area contributed by atoms with E-state index < -0.39 is 0 Å². The lowest BCUT2D eigenvalue weighted by atomic mass is 10.2. The van der Waals surface area contributed by atoms with E-state index in [2.05, 4.69) is 10.3 Å². The molecule has 0 aliphatic rings. The number of hydrogen-bond acceptors (Lipinski definition) is 5. The van der Waals surface area contributed by atoms with Gasteiger partial charge >= 0.3 is 0 Å². The van der Waals surface area contributed by atoms with Gasteiger partial charge in [-0.05, 0) is 32.9 Å². The number of carbonyl (C=O) groups excluding carboxylic acids is 1. The van der Waals surface area contributed by atoms with Crippen molar-refractivity contribution in [3.05, 3.63) is 34.8 Å². The Morgan fingerprint density at radius 1 is 1.19 bits per heavy atom. The molecule has 0 saturated carbocycles. The van der Waals surface area contributed by atoms with E-state index in [0.29, 0.717) is 35.4 Å². The van der Waals surface area contributed by atoms with Gasteiger partial charge in [0, 0.05) is 17.0 Å². The van der Waals surface area contributed by atoms with E-state index in [9.17, 15) is 4.79 Å². The van der Waals surface area contributed by atoms with Crippen molar-refractivity contribution in [1.29, 1.82) is 0 Å². The first kappa shape index (κ1) is 15.3. The van der Waals surface area contributed by atoms with Crippen molar-refractivity contribution in [3.63, 3.8) is 0 Å². The maximum absolute atomic E-state index is 12.3. The molecule has 2 rings (SSSR count). The average molecular weight is 306 g/mol. The average Bonchev–Trinajstić information content (AvgIpc) is 2.84. The fourth-order valence-electron chi connectivity index (χ4n) is 1.78. The monoisotopic (exact) mass is 306 g/mol. The minimum Gasteiger partial charge on any atom is -0.494 e. The predicted molar refractivity (Wildman–Crippen MR) is 83.6 cm³/mol. The van der Waals surface area contributed by atoms with Crippen LogP contribution in [0.25, 0.3) is 0 Å². The minimum absolute atomic E-state index is 0.230. The van der Waals surface area contributed by atoms with Gasteiger partial charge in [0.15, 0.2) is 5.13 Å². The topological polar surface area (TPSA) is 60.5 Å². The fourth-order valence-corrected chi connectivity index (χ4v) is 2.47. The summed E-state index contributed by atoms with van der Waals surface area (Å²) >= 11 is 1.40. The molecule has 0 spiro atoms. The highest BCUT2D eigenvalue weighted by Gasteiger charge is 2.12. The van der Waals surface area contributed by atoms with Gasteiger partial charge in [-0.25, -0.2) is 4.98 Å². The van der Waals surface area contributed by atoms with E-state index in [1.165, 1.54) is 11.3 Å². The first-order valence-electron chi connectivity index (χ1n) is 6.76. The van der Waals surface area contributed by atoms with Gasteiger partial charge in [0.25, 0.3) is 5.91 Å². The highest BCUT2D eigenvalue weighted by atomic mass is 32.1. The quantitative estimate of drug-likeness (QED) is 0.887. The van der Waals surface area contributed by atoms with E-state index in [-0.39, 0.29) is 5.91 Å². The Balaban J connectivity index is 2.21. The molecule has 5 nitrogen and oxygen atoms in total. The molecule has 0 atom stereocenters. The molecule has 1 aromatic heterocycles. The van der Waals surface area contributed by atoms with Crippen molar-refractivity contribution in [2.75, 3.05) is 18.5 Å². The summed E-state index contributed by atoms with van der Waals surface area (Å²) in [5.74, 6) is 1.000. The lowest BCUT2D eigenvalue weighted by Gasteiger charge is -2.10. The van der Waals surface area contributed by atoms with Gasteiger partial charge < -0.3 is 9.47 Å². The number of benzene rings is 1. The molecule has 6 heteroatoms. The number of amides is 1. The summed E-state index contributed by atoms with van der Waals surface area (Å²) in [6.45, 7) is 6.73. The van der Waals surface area contributed by atoms with Crippen LogP contribution in [0.5, 0.6) is 11.5 Å². The van der Waals surface area contributed by atoms with Crippen LogP contribution < -0.4 is 14.8 Å². The zero-order chi connectivity index (χ0) is 15.2. The summed E-state index contributed by atoms with van der Waals surface area (Å²) in [5.41, 5.74) is 1.37. The van der Waals surface area contributed by atoms with Gasteiger partial charge in [-0.15, -0.1) is 11.3 Å². The summed E-state index contributed by atoms with van der Waals surface area (Å²) in [5, 5.41) is 5.24. The van der Waals surface area contributed by atoms with Crippen molar-refractivity contribution in [2.45, 2.75) is 20.8 Å². The van der Waals surface area contributed by atoms with Gasteiger partial charge in [0.2, 0.25) is 0 Å². The number of nitrogens with one attached hydrogen (secondary N) is 1. The Bertz CT molecular complexity index is 601. The van der Waals surface area contributed by atoms with Crippen molar-refractivity contribution in [2.24, 2.45) is 0 Å². The Hall–Kier alpha value is -2.08. The first-order valence-corrected chi connectivity index (χ1v) is 7.64. The lowest BCUT2D eigenvalue weighted by Crippen LogP contribution is -2.12. The molecule has 0 aliphatic heterocycles. The first-order chi connectivity index (χ1) is 10.1. The molecule has 1 heterocycles. The molecule has 0 unspecified atom stereocenters. The van der Waals surface area contributed by atoms with Gasteiger partial charge in [0.1, 0.15) is 11.5 Å². The molecule has 21 heavy (non-hydrogen) atoms. The van der Waals surface area contributed by atoms with Crippen molar-refractivity contribution >= 4 is 22.4 Å². The van der Waals surface area contributed by atoms with Gasteiger partial charge in [-0.1, -0.05) is 0 Å². The highest BCUT2D eigenvalue weighted by molar-refractivity contribution is 7.13. The Kier molecular flexibility index (Phi) is 5.16. The van der Waals surface area contributed by atoms with E-state index in [0.717, 1.165) is 5.69 Å². The second-order valence-electron chi connectivity index (χ2n) is 4.31. The second-order valence-corrected chi connectivity index (χ2v) is 5.17. The Morgan fingerprint density at radius 3 is 2.29 bits per heavy atom. The summed E-state index contributed by atoms with van der Waals surface area (Å²) in [6.07, 6.45) is 0. The summed E-state index contributed by atoms with van der Waals surface area (Å²) in [7, 11) is 0. The number of rotatable bonds is 6. The molecular formula is C15H18N2O3S. The SMILES string of the molecule is CCOc1cc(OCC)cc(C(=O)Nc2nc(C)cs2)c1. The second kappa shape index (κ2) is 7.08. The van der Waals surface area contributed by atoms with Crippen LogP contribution in [0.3, 0.4) is 0 Å². The number of thiazole rings is 1. The summed E-state index contributed by atoms with van der Waals surface area (Å²) in [4.78, 5) is 16.5. The molecule has 1 N–H and O–H groups in total. The molecule has 0 aliphatic carbocycles. The number of aryl methyl sites for hydroxylation is 1. The number of ether oxygens (including phenoxy) is 2. The summed E-state index contributed by atoms with van der Waals surface area (Å²) in [6, 6.07) is 5.17. The predicted octanol–water partition coefficient (Wildman–Crippen LogP) is 3.50. The molecule has 1 amide bonds. The van der Waals surface area contributed by atoms with Gasteiger partial charge in [-0.2, -0.15) is 0 Å². The zero-order valence-corrected chi connectivity index (χ0v) is 13.1. The van der Waals surface area contributed by atoms with Gasteiger partial charge in [0.05, 0.1) is 18.9 Å². The normalized spacial score (nSPS) is 10.2. The van der Waals surface area contributed by atoms with Crippen LogP contribution in [0.15, 0.2) is 23.6 Å². The third kappa shape index (κ3) is 4.19. The van der Waals surface area contributed by atoms with E-state index in [4.69, 9.17) is 9.47 Å². The van der Waals surface area contributed by atoms with E-state index in [1.54, 1.807) is 18.2 Å². The molecule has 0 radical (unpaired) electrons. The summed E-state index contributed by atoms with van der Waals surface area (Å²) < 4.78 is 10.9. The van der Waals surface area contributed by atoms with Crippen LogP contribution in [-0.2, 0) is 0 Å². The maximum Gasteiger partial charge on any atom is 0.257 e.